The zero-order valence-electron chi connectivity index (χ0n) is 12.1. The number of thioether (sulfide) groups is 1. The van der Waals surface area contributed by atoms with Crippen LogP contribution in [0.1, 0.15) is 26.2 Å². The summed E-state index contributed by atoms with van der Waals surface area (Å²) in [5, 5.41) is 11.9. The zero-order chi connectivity index (χ0) is 15.4. The molecule has 7 nitrogen and oxygen atoms in total. The van der Waals surface area contributed by atoms with Crippen molar-refractivity contribution in [2.75, 3.05) is 25.4 Å². The Balaban J connectivity index is 2.15. The average molecular weight is 315 g/mol. The average Bonchev–Trinajstić information content (AvgIpc) is 2.73. The Morgan fingerprint density at radius 2 is 2.24 bits per heavy atom. The van der Waals surface area contributed by atoms with E-state index in [1.54, 1.807) is 0 Å². The maximum absolute atomic E-state index is 12.7. The van der Waals surface area contributed by atoms with Gasteiger partial charge in [-0.25, -0.2) is 9.59 Å². The van der Waals surface area contributed by atoms with Gasteiger partial charge in [0, 0.05) is 18.8 Å². The SMILES string of the molecule is CCCC1SCC(C(=O)O)N1C(=O)N1CCCNC(=O)C1. The van der Waals surface area contributed by atoms with Crippen molar-refractivity contribution in [2.45, 2.75) is 37.6 Å². The van der Waals surface area contributed by atoms with Gasteiger partial charge in [0.25, 0.3) is 0 Å². The van der Waals surface area contributed by atoms with Gasteiger partial charge in [-0.3, -0.25) is 9.69 Å². The number of nitrogens with one attached hydrogen (secondary N) is 1. The molecule has 2 aliphatic rings. The molecule has 2 atom stereocenters. The molecule has 0 bridgehead atoms. The first-order chi connectivity index (χ1) is 10.0. The minimum atomic E-state index is -0.978. The topological polar surface area (TPSA) is 89.9 Å². The molecular weight excluding hydrogens is 294 g/mol. The van der Waals surface area contributed by atoms with E-state index in [1.165, 1.54) is 21.6 Å². The number of carbonyl (C=O) groups excluding carboxylic acids is 2. The van der Waals surface area contributed by atoms with Crippen molar-refractivity contribution in [3.8, 4) is 0 Å². The molecule has 0 aromatic rings. The van der Waals surface area contributed by atoms with E-state index in [0.29, 0.717) is 25.3 Å². The maximum atomic E-state index is 12.7. The number of amides is 3. The lowest BCUT2D eigenvalue weighted by atomic mass is 10.2. The fourth-order valence-electron chi connectivity index (χ4n) is 2.61. The van der Waals surface area contributed by atoms with E-state index in [0.717, 1.165) is 12.8 Å². The first-order valence-electron chi connectivity index (χ1n) is 7.23. The highest BCUT2D eigenvalue weighted by atomic mass is 32.2. The fourth-order valence-corrected chi connectivity index (χ4v) is 4.12. The Morgan fingerprint density at radius 1 is 1.48 bits per heavy atom. The quantitative estimate of drug-likeness (QED) is 0.794. The number of carbonyl (C=O) groups is 3. The molecule has 0 radical (unpaired) electrons. The van der Waals surface area contributed by atoms with Crippen molar-refractivity contribution < 1.29 is 19.5 Å². The second-order valence-corrected chi connectivity index (χ2v) is 6.46. The Bertz CT molecular complexity index is 432. The summed E-state index contributed by atoms with van der Waals surface area (Å²) in [6.45, 7) is 3.05. The molecule has 21 heavy (non-hydrogen) atoms. The summed E-state index contributed by atoms with van der Waals surface area (Å²) in [7, 11) is 0. The van der Waals surface area contributed by atoms with Crippen molar-refractivity contribution >= 4 is 29.7 Å². The lowest BCUT2D eigenvalue weighted by molar-refractivity contribution is -0.141. The smallest absolute Gasteiger partial charge is 0.327 e. The predicted molar refractivity (Wildman–Crippen MR) is 79.0 cm³/mol. The van der Waals surface area contributed by atoms with E-state index in [4.69, 9.17) is 0 Å². The normalized spacial score (nSPS) is 26.4. The summed E-state index contributed by atoms with van der Waals surface area (Å²) in [6.07, 6.45) is 2.34. The van der Waals surface area contributed by atoms with Gasteiger partial charge in [0.1, 0.15) is 12.6 Å². The lowest BCUT2D eigenvalue weighted by Crippen LogP contribution is -2.52. The minimum Gasteiger partial charge on any atom is -0.480 e. The van der Waals surface area contributed by atoms with E-state index >= 15 is 0 Å². The Kier molecular flexibility index (Phi) is 5.33. The number of urea groups is 1. The molecule has 2 fully saturated rings. The van der Waals surface area contributed by atoms with Crippen molar-refractivity contribution in [1.29, 1.82) is 0 Å². The number of nitrogens with zero attached hydrogens (tertiary/aromatic N) is 2. The van der Waals surface area contributed by atoms with Crippen LogP contribution in [0.15, 0.2) is 0 Å². The van der Waals surface area contributed by atoms with Crippen LogP contribution in [-0.2, 0) is 9.59 Å². The molecule has 118 valence electrons. The molecule has 0 spiro atoms. The largest absolute Gasteiger partial charge is 0.480 e. The number of carboxylic acids is 1. The first-order valence-corrected chi connectivity index (χ1v) is 8.27. The van der Waals surface area contributed by atoms with Crippen LogP contribution in [0.25, 0.3) is 0 Å². The van der Waals surface area contributed by atoms with Crippen LogP contribution >= 0.6 is 11.8 Å². The third-order valence-corrected chi connectivity index (χ3v) is 5.02. The molecule has 8 heteroatoms. The van der Waals surface area contributed by atoms with Gasteiger partial charge in [0.2, 0.25) is 5.91 Å². The Hall–Kier alpha value is -1.44. The standard InChI is InChI=1S/C13H21N3O4S/c1-2-4-11-16(9(8-21-11)12(18)19)13(20)15-6-3-5-14-10(17)7-15/h9,11H,2-8H2,1H3,(H,14,17)(H,18,19). The Labute approximate surface area is 128 Å². The number of aliphatic carboxylic acids is 1. The van der Waals surface area contributed by atoms with Gasteiger partial charge in [-0.2, -0.15) is 0 Å². The molecule has 2 rings (SSSR count). The molecular formula is C13H21N3O4S. The molecule has 0 saturated carbocycles. The third-order valence-electron chi connectivity index (χ3n) is 3.67. The summed E-state index contributed by atoms with van der Waals surface area (Å²) in [4.78, 5) is 38.6. The number of rotatable bonds is 3. The van der Waals surface area contributed by atoms with Gasteiger partial charge in [0.05, 0.1) is 5.37 Å². The van der Waals surface area contributed by atoms with Crippen LogP contribution in [0.5, 0.6) is 0 Å². The molecule has 0 aliphatic carbocycles. The van der Waals surface area contributed by atoms with Crippen molar-refractivity contribution in [2.24, 2.45) is 0 Å². The Morgan fingerprint density at radius 3 is 2.90 bits per heavy atom. The van der Waals surface area contributed by atoms with Crippen LogP contribution < -0.4 is 5.32 Å². The number of carboxylic acid groups (broad SMARTS) is 1. The highest BCUT2D eigenvalue weighted by Crippen LogP contribution is 2.33. The van der Waals surface area contributed by atoms with E-state index < -0.39 is 12.0 Å². The second kappa shape index (κ2) is 7.02. The molecule has 2 saturated heterocycles. The molecule has 0 aromatic carbocycles. The molecule has 2 heterocycles. The van der Waals surface area contributed by atoms with E-state index in [9.17, 15) is 19.5 Å². The third kappa shape index (κ3) is 3.61. The van der Waals surface area contributed by atoms with Crippen molar-refractivity contribution in [1.82, 2.24) is 15.1 Å². The van der Waals surface area contributed by atoms with Gasteiger partial charge in [-0.05, 0) is 12.8 Å². The lowest BCUT2D eigenvalue weighted by Gasteiger charge is -2.32. The predicted octanol–water partition coefficient (Wildman–Crippen LogP) is 0.557. The summed E-state index contributed by atoms with van der Waals surface area (Å²) in [5.41, 5.74) is 0. The maximum Gasteiger partial charge on any atom is 0.327 e. The highest BCUT2D eigenvalue weighted by molar-refractivity contribution is 8.00. The van der Waals surface area contributed by atoms with Gasteiger partial charge in [0.15, 0.2) is 0 Å². The minimum absolute atomic E-state index is 0.00514. The van der Waals surface area contributed by atoms with Gasteiger partial charge in [-0.15, -0.1) is 11.8 Å². The summed E-state index contributed by atoms with van der Waals surface area (Å²) >= 11 is 1.51. The summed E-state index contributed by atoms with van der Waals surface area (Å²) < 4.78 is 0. The van der Waals surface area contributed by atoms with Crippen LogP contribution in [0.3, 0.4) is 0 Å². The van der Waals surface area contributed by atoms with Gasteiger partial charge >= 0.3 is 12.0 Å². The second-order valence-electron chi connectivity index (χ2n) is 5.25. The monoisotopic (exact) mass is 315 g/mol. The van der Waals surface area contributed by atoms with E-state index in [-0.39, 0.29) is 23.9 Å². The van der Waals surface area contributed by atoms with Crippen molar-refractivity contribution in [3.63, 3.8) is 0 Å². The zero-order valence-corrected chi connectivity index (χ0v) is 12.9. The van der Waals surface area contributed by atoms with E-state index in [1.807, 2.05) is 6.92 Å². The fraction of sp³-hybridized carbons (Fsp3) is 0.769. The van der Waals surface area contributed by atoms with Crippen LogP contribution in [0, 0.1) is 0 Å². The first kappa shape index (κ1) is 15.9. The van der Waals surface area contributed by atoms with Gasteiger partial charge in [-0.1, -0.05) is 13.3 Å². The number of hydrogen-bond donors (Lipinski definition) is 2. The summed E-state index contributed by atoms with van der Waals surface area (Å²) in [6, 6.07) is -1.13. The van der Waals surface area contributed by atoms with Crippen LogP contribution in [0.2, 0.25) is 0 Å². The van der Waals surface area contributed by atoms with Crippen molar-refractivity contribution in [3.05, 3.63) is 0 Å². The molecule has 2 N–H and O–H groups in total. The number of hydrogen-bond acceptors (Lipinski definition) is 4. The molecule has 2 aliphatic heterocycles. The van der Waals surface area contributed by atoms with Gasteiger partial charge < -0.3 is 15.3 Å². The summed E-state index contributed by atoms with van der Waals surface area (Å²) in [5.74, 6) is -0.758. The highest BCUT2D eigenvalue weighted by Gasteiger charge is 2.43. The van der Waals surface area contributed by atoms with E-state index in [2.05, 4.69) is 5.32 Å². The molecule has 2 unspecified atom stereocenters. The van der Waals surface area contributed by atoms with Crippen LogP contribution in [0.4, 0.5) is 4.79 Å². The molecule has 0 aromatic heterocycles. The molecule has 3 amide bonds. The van der Waals surface area contributed by atoms with Crippen LogP contribution in [-0.4, -0.2) is 69.6 Å².